The maximum Gasteiger partial charge on any atom is 0.446 e. The zero-order valence-electron chi connectivity index (χ0n) is 13.0. The van der Waals surface area contributed by atoms with Gasteiger partial charge in [-0.15, -0.1) is 0 Å². The third kappa shape index (κ3) is 3.36. The molecule has 25 heavy (non-hydrogen) atoms. The lowest BCUT2D eigenvalue weighted by molar-refractivity contribution is -0.777. The third-order valence-corrected chi connectivity index (χ3v) is 6.41. The Bertz CT molecular complexity index is 516. The van der Waals surface area contributed by atoms with Crippen molar-refractivity contribution in [3.8, 4) is 0 Å². The van der Waals surface area contributed by atoms with E-state index in [-0.39, 0.29) is 18.4 Å². The minimum absolute atomic E-state index is 0.0364. The summed E-state index contributed by atoms with van der Waals surface area (Å²) in [4.78, 5) is 11.7. The van der Waals surface area contributed by atoms with E-state index < -0.39 is 40.7 Å². The van der Waals surface area contributed by atoms with Crippen molar-refractivity contribution < 1.29 is 46.8 Å². The van der Waals surface area contributed by atoms with E-state index in [2.05, 4.69) is 14.1 Å². The molecule has 4 fully saturated rings. The molecule has 4 aliphatic rings. The average Bonchev–Trinajstić information content (AvgIpc) is 2.53. The van der Waals surface area contributed by atoms with Crippen LogP contribution in [0.1, 0.15) is 32.1 Å². The van der Waals surface area contributed by atoms with E-state index in [1.54, 1.807) is 0 Å². The molecular weight excluding hydrogens is 372 g/mol. The van der Waals surface area contributed by atoms with Gasteiger partial charge in [0.05, 0.1) is 24.8 Å². The summed E-state index contributed by atoms with van der Waals surface area (Å²) in [6.45, 7) is -0.359. The Morgan fingerprint density at radius 2 is 1.80 bits per heavy atom. The van der Waals surface area contributed by atoms with Crippen LogP contribution in [0.3, 0.4) is 0 Å². The van der Waals surface area contributed by atoms with Crippen molar-refractivity contribution >= 4 is 18.0 Å². The molecule has 4 aliphatic carbocycles. The molecule has 0 amide bonds. The van der Waals surface area contributed by atoms with Crippen LogP contribution in [0.5, 0.6) is 0 Å². The van der Waals surface area contributed by atoms with Gasteiger partial charge in [0.1, 0.15) is 0 Å². The Balaban J connectivity index is 1.67. The van der Waals surface area contributed by atoms with Crippen LogP contribution in [0.4, 0.5) is 17.6 Å². The number of esters is 1. The van der Waals surface area contributed by atoms with Gasteiger partial charge in [-0.1, -0.05) is 0 Å². The lowest BCUT2D eigenvalue weighted by atomic mass is 9.49. The molecule has 6 nitrogen and oxygen atoms in total. The highest BCUT2D eigenvalue weighted by Crippen LogP contribution is 2.60. The quantitative estimate of drug-likeness (QED) is 0.244. The molecule has 11 heteroatoms. The summed E-state index contributed by atoms with van der Waals surface area (Å²) < 4.78 is 60.7. The zero-order valence-corrected chi connectivity index (χ0v) is 13.8. The Morgan fingerprint density at radius 3 is 2.32 bits per heavy atom. The summed E-state index contributed by atoms with van der Waals surface area (Å²) in [6.07, 6.45) is -2.63. The highest BCUT2D eigenvalue weighted by molar-refractivity contribution is 7.96. The molecule has 4 saturated carbocycles. The Labute approximate surface area is 144 Å². The maximum atomic E-state index is 14.1. The van der Waals surface area contributed by atoms with Gasteiger partial charge in [-0.05, 0) is 49.9 Å². The van der Waals surface area contributed by atoms with E-state index in [1.807, 2.05) is 0 Å². The van der Waals surface area contributed by atoms with Gasteiger partial charge in [-0.3, -0.25) is 5.04 Å². The number of halogens is 4. The number of hydrogen-bond donors (Lipinski definition) is 1. The minimum Gasteiger partial charge on any atom is -0.691 e. The lowest BCUT2D eigenvalue weighted by Crippen LogP contribution is -2.55. The second-order valence-corrected chi connectivity index (χ2v) is 8.21. The number of carbonyl (C=O) groups is 1. The fourth-order valence-electron chi connectivity index (χ4n) is 4.91. The van der Waals surface area contributed by atoms with Gasteiger partial charge in [-0.25, -0.2) is 9.18 Å². The van der Waals surface area contributed by atoms with E-state index >= 15 is 0 Å². The fraction of sp³-hybridized carbons (Fsp3) is 0.929. The molecule has 0 aromatic rings. The Morgan fingerprint density at radius 1 is 1.20 bits per heavy atom. The van der Waals surface area contributed by atoms with E-state index in [0.717, 1.165) is 12.8 Å². The van der Waals surface area contributed by atoms with Crippen molar-refractivity contribution in [3.05, 3.63) is 0 Å². The van der Waals surface area contributed by atoms with Crippen LogP contribution >= 0.6 is 12.0 Å². The number of rotatable bonds is 6. The first kappa shape index (κ1) is 19.2. The van der Waals surface area contributed by atoms with Gasteiger partial charge < -0.3 is 15.1 Å². The van der Waals surface area contributed by atoms with Crippen LogP contribution in [0.15, 0.2) is 0 Å². The summed E-state index contributed by atoms with van der Waals surface area (Å²) in [7, 11) is 0. The molecular formula is C14H17F4O6S-. The standard InChI is InChI=1S/C14H18F4O6S/c15-13(14(16,17)18,25-24-23-21)11(20)22-6-12-3-7-1-8(4-12)10(19)9(2-7)5-12/h7-10,19,21H,1-6H2/p-1. The molecule has 3 unspecified atom stereocenters. The molecule has 0 aromatic carbocycles. The highest BCUT2D eigenvalue weighted by atomic mass is 32.2. The first-order valence-electron chi connectivity index (χ1n) is 7.85. The molecule has 0 spiro atoms. The summed E-state index contributed by atoms with van der Waals surface area (Å²) in [5, 5.41) is 18.0. The lowest BCUT2D eigenvalue weighted by Gasteiger charge is -2.58. The third-order valence-electron chi connectivity index (χ3n) is 5.66. The molecule has 0 saturated heterocycles. The Kier molecular flexibility index (Phi) is 4.99. The van der Waals surface area contributed by atoms with E-state index in [4.69, 9.17) is 0 Å². The minimum atomic E-state index is -5.65. The van der Waals surface area contributed by atoms with Crippen molar-refractivity contribution in [2.24, 2.45) is 23.2 Å². The molecule has 0 aromatic heterocycles. The van der Waals surface area contributed by atoms with Gasteiger partial charge in [0, 0.05) is 5.41 Å². The van der Waals surface area contributed by atoms with Crippen LogP contribution in [0.2, 0.25) is 0 Å². The molecule has 4 bridgehead atoms. The molecule has 4 rings (SSSR count). The van der Waals surface area contributed by atoms with Gasteiger partial charge in [0.25, 0.3) is 0 Å². The van der Waals surface area contributed by atoms with Crippen LogP contribution < -0.4 is 5.26 Å². The topological polar surface area (TPSA) is 88.1 Å². The van der Waals surface area contributed by atoms with Gasteiger partial charge in [-0.2, -0.15) is 17.5 Å². The number of hydrogen-bond acceptors (Lipinski definition) is 7. The summed E-state index contributed by atoms with van der Waals surface area (Å²) in [6, 6.07) is 0. The van der Waals surface area contributed by atoms with Gasteiger partial charge >= 0.3 is 17.1 Å². The second kappa shape index (κ2) is 6.52. The van der Waals surface area contributed by atoms with Gasteiger partial charge in [0.2, 0.25) is 0 Å². The molecule has 0 aliphatic heterocycles. The maximum absolute atomic E-state index is 14.1. The summed E-state index contributed by atoms with van der Waals surface area (Å²) >= 11 is -1.08. The van der Waals surface area contributed by atoms with Gasteiger partial charge in [0.15, 0.2) is 0 Å². The monoisotopic (exact) mass is 389 g/mol. The van der Waals surface area contributed by atoms with Crippen LogP contribution in [-0.2, 0) is 18.9 Å². The zero-order chi connectivity index (χ0) is 18.5. The molecule has 0 heterocycles. The van der Waals surface area contributed by atoms with Crippen molar-refractivity contribution in [2.45, 2.75) is 49.4 Å². The predicted molar refractivity (Wildman–Crippen MR) is 72.6 cm³/mol. The number of aliphatic hydroxyl groups is 1. The summed E-state index contributed by atoms with van der Waals surface area (Å²) in [5.41, 5.74) is -0.529. The Hall–Kier alpha value is -0.620. The molecule has 1 N–H and O–H groups in total. The first-order valence-corrected chi connectivity index (χ1v) is 8.60. The predicted octanol–water partition coefficient (Wildman–Crippen LogP) is 1.82. The van der Waals surface area contributed by atoms with E-state index in [0.29, 0.717) is 25.2 Å². The molecule has 144 valence electrons. The van der Waals surface area contributed by atoms with Crippen molar-refractivity contribution in [1.82, 2.24) is 0 Å². The van der Waals surface area contributed by atoms with E-state index in [9.17, 15) is 32.7 Å². The smallest absolute Gasteiger partial charge is 0.446 e. The SMILES string of the molecule is O=C(OCC12CC3CC(C1)C(O)C(C3)C2)C(F)(SOO[O-])C(F)(F)F. The van der Waals surface area contributed by atoms with Crippen LogP contribution in [-0.4, -0.2) is 35.0 Å². The molecule has 3 atom stereocenters. The average molecular weight is 389 g/mol. The normalized spacial score (nSPS) is 39.3. The number of ether oxygens (including phenoxy) is 1. The second-order valence-electron chi connectivity index (χ2n) is 7.35. The number of alkyl halides is 4. The largest absolute Gasteiger partial charge is 0.691 e. The summed E-state index contributed by atoms with van der Waals surface area (Å²) in [5.74, 6) is -1.77. The van der Waals surface area contributed by atoms with Crippen LogP contribution in [0, 0.1) is 23.2 Å². The molecule has 0 radical (unpaired) electrons. The van der Waals surface area contributed by atoms with Crippen molar-refractivity contribution in [3.63, 3.8) is 0 Å². The first-order chi connectivity index (χ1) is 11.6. The van der Waals surface area contributed by atoms with Crippen molar-refractivity contribution in [2.75, 3.05) is 6.61 Å². The fourth-order valence-corrected chi connectivity index (χ4v) is 5.25. The number of aliphatic hydroxyl groups excluding tert-OH is 1. The number of carbonyl (C=O) groups excluding carboxylic acids is 1. The highest BCUT2D eigenvalue weighted by Gasteiger charge is 2.66. The van der Waals surface area contributed by atoms with E-state index in [1.165, 1.54) is 0 Å². The van der Waals surface area contributed by atoms with Crippen molar-refractivity contribution in [1.29, 1.82) is 0 Å². The van der Waals surface area contributed by atoms with Crippen LogP contribution in [0.25, 0.3) is 0 Å².